The first kappa shape index (κ1) is 21.4. The Hall–Kier alpha value is -2.80. The van der Waals surface area contributed by atoms with Crippen LogP contribution in [0.2, 0.25) is 0 Å². The Morgan fingerprint density at radius 1 is 1.29 bits per heavy atom. The number of carbonyl (C=O) groups excluding carboxylic acids is 1. The van der Waals surface area contributed by atoms with Gasteiger partial charge in [0.1, 0.15) is 12.4 Å². The molecular formula is C22H30N8O. The summed E-state index contributed by atoms with van der Waals surface area (Å²) in [6.07, 6.45) is 3.93. The molecule has 4 rings (SSSR count). The zero-order chi connectivity index (χ0) is 22.0. The van der Waals surface area contributed by atoms with Gasteiger partial charge >= 0.3 is 0 Å². The first-order valence-electron chi connectivity index (χ1n) is 10.8. The zero-order valence-corrected chi connectivity index (χ0v) is 18.2. The van der Waals surface area contributed by atoms with Gasteiger partial charge in [-0.05, 0) is 32.5 Å². The number of nitrogens with zero attached hydrogens (tertiary/aromatic N) is 6. The minimum Gasteiger partial charge on any atom is -0.367 e. The van der Waals surface area contributed by atoms with Gasteiger partial charge in [-0.15, -0.1) is 0 Å². The highest BCUT2D eigenvalue weighted by atomic mass is 16.2. The smallest absolute Gasteiger partial charge is 0.237 e. The van der Waals surface area contributed by atoms with Gasteiger partial charge in [0.05, 0.1) is 17.1 Å². The maximum atomic E-state index is 13.0. The molecule has 1 amide bonds. The van der Waals surface area contributed by atoms with Gasteiger partial charge in [0.2, 0.25) is 5.91 Å². The fourth-order valence-corrected chi connectivity index (χ4v) is 4.56. The second kappa shape index (κ2) is 9.14. The molecule has 164 valence electrons. The molecule has 0 bridgehead atoms. The first-order chi connectivity index (χ1) is 15.0. The third kappa shape index (κ3) is 4.61. The predicted molar refractivity (Wildman–Crippen MR) is 120 cm³/mol. The van der Waals surface area contributed by atoms with Gasteiger partial charge < -0.3 is 20.9 Å². The van der Waals surface area contributed by atoms with Crippen LogP contribution in [0.15, 0.2) is 24.7 Å². The number of aromatic nitrogens is 2. The van der Waals surface area contributed by atoms with Crippen LogP contribution < -0.4 is 16.0 Å². The summed E-state index contributed by atoms with van der Waals surface area (Å²) in [5.41, 5.74) is 8.47. The van der Waals surface area contributed by atoms with E-state index in [1.165, 1.54) is 6.33 Å². The normalized spacial score (nSPS) is 24.0. The number of amides is 1. The minimum absolute atomic E-state index is 0.0403. The van der Waals surface area contributed by atoms with Crippen LogP contribution in [-0.4, -0.2) is 90.1 Å². The summed E-state index contributed by atoms with van der Waals surface area (Å²) in [4.78, 5) is 28.1. The van der Waals surface area contributed by atoms with E-state index in [4.69, 9.17) is 5.73 Å². The van der Waals surface area contributed by atoms with E-state index in [0.29, 0.717) is 24.2 Å². The molecule has 1 aromatic carbocycles. The van der Waals surface area contributed by atoms with E-state index >= 15 is 0 Å². The summed E-state index contributed by atoms with van der Waals surface area (Å²) < 4.78 is 0. The van der Waals surface area contributed by atoms with Crippen molar-refractivity contribution in [2.45, 2.75) is 31.5 Å². The van der Waals surface area contributed by atoms with Gasteiger partial charge in [0, 0.05) is 68.6 Å². The number of piperazine rings is 1. The molecule has 3 atom stereocenters. The van der Waals surface area contributed by atoms with Crippen molar-refractivity contribution in [3.63, 3.8) is 0 Å². The van der Waals surface area contributed by atoms with E-state index in [9.17, 15) is 10.1 Å². The van der Waals surface area contributed by atoms with Crippen LogP contribution >= 0.6 is 0 Å². The topological polar surface area (TPSA) is 114 Å². The standard InChI is InChI=1S/C22H30N8O/c1-15(29-7-5-28(2)6-8-29)22(31)27-18-9-17(24)12-30(13-18)20-4-3-16(10-23)21-19(20)11-25-14-26-21/h3-4,11,14-15,17-18H,5-9,12-13,24H2,1-2H3,(H,27,31)/t15-,17-,18+/m0/s1. The number of fused-ring (bicyclic) bond motifs is 1. The number of carbonyl (C=O) groups is 1. The molecule has 31 heavy (non-hydrogen) atoms. The number of benzene rings is 1. The molecule has 0 spiro atoms. The van der Waals surface area contributed by atoms with Crippen molar-refractivity contribution < 1.29 is 4.79 Å². The Bertz CT molecular complexity index is 981. The average molecular weight is 423 g/mol. The molecule has 3 heterocycles. The highest BCUT2D eigenvalue weighted by molar-refractivity contribution is 5.94. The van der Waals surface area contributed by atoms with Crippen LogP contribution in [0.5, 0.6) is 0 Å². The Labute approximate surface area is 182 Å². The molecule has 2 saturated heterocycles. The fourth-order valence-electron chi connectivity index (χ4n) is 4.56. The van der Waals surface area contributed by atoms with Crippen LogP contribution in [-0.2, 0) is 4.79 Å². The summed E-state index contributed by atoms with van der Waals surface area (Å²) in [6, 6.07) is 5.64. The van der Waals surface area contributed by atoms with Crippen LogP contribution in [0.3, 0.4) is 0 Å². The number of hydrogen-bond acceptors (Lipinski definition) is 8. The summed E-state index contributed by atoms with van der Waals surface area (Å²) in [5, 5.41) is 13.4. The molecule has 2 fully saturated rings. The summed E-state index contributed by atoms with van der Waals surface area (Å²) in [6.45, 7) is 7.08. The molecule has 3 N–H and O–H groups in total. The van der Waals surface area contributed by atoms with E-state index < -0.39 is 0 Å². The maximum absolute atomic E-state index is 13.0. The number of likely N-dealkylation sites (N-methyl/N-ethyl adjacent to an activating group) is 1. The third-order valence-electron chi connectivity index (χ3n) is 6.41. The lowest BCUT2D eigenvalue weighted by Gasteiger charge is -2.40. The van der Waals surface area contributed by atoms with E-state index in [2.05, 4.69) is 43.1 Å². The Kier molecular flexibility index (Phi) is 6.32. The number of nitriles is 1. The largest absolute Gasteiger partial charge is 0.367 e. The van der Waals surface area contributed by atoms with Crippen molar-refractivity contribution in [2.24, 2.45) is 5.73 Å². The molecule has 9 nitrogen and oxygen atoms in total. The summed E-state index contributed by atoms with van der Waals surface area (Å²) in [7, 11) is 2.11. The van der Waals surface area contributed by atoms with Crippen LogP contribution in [0.25, 0.3) is 10.9 Å². The van der Waals surface area contributed by atoms with E-state index in [1.807, 2.05) is 13.0 Å². The number of rotatable bonds is 4. The van der Waals surface area contributed by atoms with Gasteiger partial charge in [-0.2, -0.15) is 5.26 Å². The lowest BCUT2D eigenvalue weighted by atomic mass is 9.99. The van der Waals surface area contributed by atoms with E-state index in [1.54, 1.807) is 12.3 Å². The van der Waals surface area contributed by atoms with Crippen LogP contribution in [0.4, 0.5) is 5.69 Å². The summed E-state index contributed by atoms with van der Waals surface area (Å²) in [5.74, 6) is 0.0524. The fraction of sp³-hybridized carbons (Fsp3) is 0.545. The number of nitrogens with two attached hydrogens (primary N) is 1. The minimum atomic E-state index is -0.163. The molecule has 1 aromatic heterocycles. The predicted octanol–water partition coefficient (Wildman–Crippen LogP) is 0.160. The summed E-state index contributed by atoms with van der Waals surface area (Å²) >= 11 is 0. The third-order valence-corrected chi connectivity index (χ3v) is 6.41. The van der Waals surface area contributed by atoms with Crippen molar-refractivity contribution in [1.29, 1.82) is 5.26 Å². The molecule has 0 aliphatic carbocycles. The number of hydrogen-bond donors (Lipinski definition) is 2. The van der Waals surface area contributed by atoms with Crippen molar-refractivity contribution >= 4 is 22.5 Å². The van der Waals surface area contributed by atoms with Gasteiger partial charge in [0.25, 0.3) is 0 Å². The number of nitrogens with one attached hydrogen (secondary N) is 1. The zero-order valence-electron chi connectivity index (χ0n) is 18.2. The van der Waals surface area contributed by atoms with Crippen molar-refractivity contribution in [3.8, 4) is 6.07 Å². The lowest BCUT2D eigenvalue weighted by molar-refractivity contribution is -0.127. The number of piperidine rings is 1. The van der Waals surface area contributed by atoms with Gasteiger partial charge in [0.15, 0.2) is 0 Å². The Balaban J connectivity index is 1.48. The lowest BCUT2D eigenvalue weighted by Crippen LogP contribution is -2.59. The highest BCUT2D eigenvalue weighted by Gasteiger charge is 2.31. The Morgan fingerprint density at radius 2 is 2.06 bits per heavy atom. The Morgan fingerprint density at radius 3 is 2.81 bits per heavy atom. The molecular weight excluding hydrogens is 392 g/mol. The number of anilines is 1. The second-order valence-corrected chi connectivity index (χ2v) is 8.65. The molecule has 2 aliphatic heterocycles. The van der Waals surface area contributed by atoms with E-state index in [0.717, 1.165) is 43.7 Å². The quantitative estimate of drug-likeness (QED) is 0.716. The molecule has 0 radical (unpaired) electrons. The SMILES string of the molecule is C[C@@H](C(=O)N[C@@H]1C[C@H](N)CN(c2ccc(C#N)c3ncncc23)C1)N1CCN(C)CC1. The van der Waals surface area contributed by atoms with E-state index in [-0.39, 0.29) is 24.0 Å². The van der Waals surface area contributed by atoms with Crippen LogP contribution in [0, 0.1) is 11.3 Å². The second-order valence-electron chi connectivity index (χ2n) is 8.65. The average Bonchev–Trinajstić information content (AvgIpc) is 2.78. The van der Waals surface area contributed by atoms with Crippen molar-refractivity contribution in [3.05, 3.63) is 30.2 Å². The first-order valence-corrected chi connectivity index (χ1v) is 10.8. The monoisotopic (exact) mass is 422 g/mol. The highest BCUT2D eigenvalue weighted by Crippen LogP contribution is 2.29. The van der Waals surface area contributed by atoms with Crippen molar-refractivity contribution in [1.82, 2.24) is 25.1 Å². The molecule has 2 aliphatic rings. The van der Waals surface area contributed by atoms with Gasteiger partial charge in [-0.25, -0.2) is 9.97 Å². The molecule has 0 saturated carbocycles. The van der Waals surface area contributed by atoms with Crippen molar-refractivity contribution in [2.75, 3.05) is 51.2 Å². The molecule has 2 aromatic rings. The molecule has 9 heteroatoms. The van der Waals surface area contributed by atoms with Crippen LogP contribution in [0.1, 0.15) is 18.9 Å². The maximum Gasteiger partial charge on any atom is 0.237 e. The molecule has 0 unspecified atom stereocenters. The van der Waals surface area contributed by atoms with Gasteiger partial charge in [-0.1, -0.05) is 0 Å². The van der Waals surface area contributed by atoms with Gasteiger partial charge in [-0.3, -0.25) is 9.69 Å².